The van der Waals surface area contributed by atoms with Crippen molar-refractivity contribution >= 4 is 11.8 Å². The Bertz CT molecular complexity index is 387. The van der Waals surface area contributed by atoms with Gasteiger partial charge in [0, 0.05) is 26.3 Å². The Kier molecular flexibility index (Phi) is 3.22. The molecule has 0 aliphatic heterocycles. The van der Waals surface area contributed by atoms with Crippen molar-refractivity contribution in [2.75, 3.05) is 24.3 Å². The molecule has 0 saturated heterocycles. The molecule has 4 nitrogen and oxygen atoms in total. The van der Waals surface area contributed by atoms with Gasteiger partial charge in [-0.25, -0.2) is 4.98 Å². The Morgan fingerprint density at radius 3 is 2.76 bits per heavy atom. The van der Waals surface area contributed by atoms with Crippen LogP contribution in [0.15, 0.2) is 12.3 Å². The third kappa shape index (κ3) is 3.08. The average Bonchev–Trinajstić information content (AvgIpc) is 2.58. The second-order valence-corrected chi connectivity index (χ2v) is 5.88. The minimum Gasteiger partial charge on any atom is -0.367 e. The molecule has 0 radical (unpaired) electrons. The summed E-state index contributed by atoms with van der Waals surface area (Å²) in [6.45, 7) is 4.67. The molecular weight excluding hydrogens is 212 g/mol. The highest BCUT2D eigenvalue weighted by atomic mass is 15.2. The first-order chi connectivity index (χ1) is 7.96. The molecule has 1 heterocycles. The van der Waals surface area contributed by atoms with E-state index in [0.29, 0.717) is 11.5 Å². The van der Waals surface area contributed by atoms with Gasteiger partial charge >= 0.3 is 0 Å². The lowest BCUT2D eigenvalue weighted by molar-refractivity contribution is 0.378. The van der Waals surface area contributed by atoms with Crippen molar-refractivity contribution in [3.8, 4) is 0 Å². The molecule has 1 saturated carbocycles. The molecule has 1 atom stereocenters. The lowest BCUT2D eigenvalue weighted by Crippen LogP contribution is -2.19. The Hall–Kier alpha value is -1.32. The molecule has 1 aliphatic carbocycles. The summed E-state index contributed by atoms with van der Waals surface area (Å²) in [5.41, 5.74) is 0.467. The van der Waals surface area contributed by atoms with E-state index in [1.54, 1.807) is 0 Å². The quantitative estimate of drug-likeness (QED) is 0.872. The van der Waals surface area contributed by atoms with Crippen molar-refractivity contribution < 1.29 is 0 Å². The number of anilines is 2. The summed E-state index contributed by atoms with van der Waals surface area (Å²) in [4.78, 5) is 10.6. The van der Waals surface area contributed by atoms with Crippen molar-refractivity contribution in [2.24, 2.45) is 5.41 Å². The Morgan fingerprint density at radius 2 is 2.18 bits per heavy atom. The molecule has 1 aromatic heterocycles. The predicted molar refractivity (Wildman–Crippen MR) is 71.4 cm³/mol. The van der Waals surface area contributed by atoms with Crippen LogP contribution in [-0.4, -0.2) is 30.1 Å². The fourth-order valence-corrected chi connectivity index (χ4v) is 2.41. The van der Waals surface area contributed by atoms with Crippen LogP contribution in [0.1, 0.15) is 33.1 Å². The molecule has 0 amide bonds. The molecule has 1 aromatic rings. The van der Waals surface area contributed by atoms with Crippen molar-refractivity contribution in [2.45, 2.75) is 39.2 Å². The molecule has 1 N–H and O–H groups in total. The van der Waals surface area contributed by atoms with E-state index < -0.39 is 0 Å². The van der Waals surface area contributed by atoms with Crippen LogP contribution in [0.25, 0.3) is 0 Å². The Labute approximate surface area is 103 Å². The lowest BCUT2D eigenvalue weighted by Gasteiger charge is -2.18. The van der Waals surface area contributed by atoms with Gasteiger partial charge in [-0.1, -0.05) is 13.8 Å². The normalized spacial score (nSPS) is 22.5. The van der Waals surface area contributed by atoms with Gasteiger partial charge in [-0.15, -0.1) is 0 Å². The van der Waals surface area contributed by atoms with E-state index in [-0.39, 0.29) is 0 Å². The standard InChI is InChI=1S/C13H22N4/c1-13(2)7-5-10(9-13)15-11-6-8-14-12(16-11)17(3)4/h6,8,10H,5,7,9H2,1-4H3,(H,14,15,16). The van der Waals surface area contributed by atoms with Crippen LogP contribution in [0.2, 0.25) is 0 Å². The summed E-state index contributed by atoms with van der Waals surface area (Å²) in [5, 5.41) is 3.51. The summed E-state index contributed by atoms with van der Waals surface area (Å²) in [5.74, 6) is 1.69. The summed E-state index contributed by atoms with van der Waals surface area (Å²) in [6.07, 6.45) is 5.55. The van der Waals surface area contributed by atoms with E-state index in [2.05, 4.69) is 29.1 Å². The maximum Gasteiger partial charge on any atom is 0.226 e. The fourth-order valence-electron chi connectivity index (χ4n) is 2.41. The van der Waals surface area contributed by atoms with Gasteiger partial charge in [-0.3, -0.25) is 0 Å². The molecule has 0 spiro atoms. The highest BCUT2D eigenvalue weighted by molar-refractivity contribution is 5.41. The molecule has 94 valence electrons. The third-order valence-corrected chi connectivity index (χ3v) is 3.36. The maximum absolute atomic E-state index is 4.49. The zero-order valence-electron chi connectivity index (χ0n) is 11.2. The van der Waals surface area contributed by atoms with E-state index >= 15 is 0 Å². The smallest absolute Gasteiger partial charge is 0.226 e. The molecule has 1 fully saturated rings. The third-order valence-electron chi connectivity index (χ3n) is 3.36. The van der Waals surface area contributed by atoms with Gasteiger partial charge in [0.25, 0.3) is 0 Å². The largest absolute Gasteiger partial charge is 0.367 e. The predicted octanol–water partition coefficient (Wildman–Crippen LogP) is 2.53. The number of nitrogens with one attached hydrogen (secondary N) is 1. The van der Waals surface area contributed by atoms with E-state index in [4.69, 9.17) is 0 Å². The van der Waals surface area contributed by atoms with Gasteiger partial charge in [0.05, 0.1) is 0 Å². The highest BCUT2D eigenvalue weighted by Gasteiger charge is 2.30. The minimum absolute atomic E-state index is 0.467. The van der Waals surface area contributed by atoms with Gasteiger partial charge in [-0.05, 0) is 30.7 Å². The number of aromatic nitrogens is 2. The van der Waals surface area contributed by atoms with Crippen molar-refractivity contribution in [3.63, 3.8) is 0 Å². The Morgan fingerprint density at radius 1 is 1.41 bits per heavy atom. The lowest BCUT2D eigenvalue weighted by atomic mass is 9.92. The number of hydrogen-bond acceptors (Lipinski definition) is 4. The second kappa shape index (κ2) is 4.51. The molecule has 0 bridgehead atoms. The van der Waals surface area contributed by atoms with Crippen LogP contribution in [0.3, 0.4) is 0 Å². The van der Waals surface area contributed by atoms with Gasteiger partial charge in [0.2, 0.25) is 5.95 Å². The van der Waals surface area contributed by atoms with Gasteiger partial charge < -0.3 is 10.2 Å². The highest BCUT2D eigenvalue weighted by Crippen LogP contribution is 2.38. The SMILES string of the molecule is CN(C)c1nccc(NC2CCC(C)(C)C2)n1. The molecule has 2 rings (SSSR count). The topological polar surface area (TPSA) is 41.1 Å². The van der Waals surface area contributed by atoms with Gasteiger partial charge in [0.15, 0.2) is 0 Å². The van der Waals surface area contributed by atoms with Crippen molar-refractivity contribution in [1.29, 1.82) is 0 Å². The summed E-state index contributed by atoms with van der Waals surface area (Å²) < 4.78 is 0. The summed E-state index contributed by atoms with van der Waals surface area (Å²) in [7, 11) is 3.91. The van der Waals surface area contributed by atoms with Crippen LogP contribution in [0.5, 0.6) is 0 Å². The second-order valence-electron chi connectivity index (χ2n) is 5.88. The molecule has 1 aliphatic rings. The molecule has 1 unspecified atom stereocenters. The summed E-state index contributed by atoms with van der Waals surface area (Å²) in [6, 6.07) is 2.49. The first-order valence-corrected chi connectivity index (χ1v) is 6.23. The summed E-state index contributed by atoms with van der Waals surface area (Å²) >= 11 is 0. The zero-order chi connectivity index (χ0) is 12.5. The van der Waals surface area contributed by atoms with Gasteiger partial charge in [-0.2, -0.15) is 4.98 Å². The van der Waals surface area contributed by atoms with Crippen LogP contribution in [0.4, 0.5) is 11.8 Å². The first-order valence-electron chi connectivity index (χ1n) is 6.23. The van der Waals surface area contributed by atoms with E-state index in [1.165, 1.54) is 19.3 Å². The first kappa shape index (κ1) is 12.1. The monoisotopic (exact) mass is 234 g/mol. The molecule has 4 heteroatoms. The van der Waals surface area contributed by atoms with Crippen molar-refractivity contribution in [1.82, 2.24) is 9.97 Å². The fraction of sp³-hybridized carbons (Fsp3) is 0.692. The van der Waals surface area contributed by atoms with E-state index in [0.717, 1.165) is 11.8 Å². The average molecular weight is 234 g/mol. The van der Waals surface area contributed by atoms with Crippen LogP contribution >= 0.6 is 0 Å². The van der Waals surface area contributed by atoms with Crippen LogP contribution in [-0.2, 0) is 0 Å². The number of hydrogen-bond donors (Lipinski definition) is 1. The molecule has 0 aromatic carbocycles. The minimum atomic E-state index is 0.467. The van der Waals surface area contributed by atoms with Crippen LogP contribution in [0, 0.1) is 5.41 Å². The molecule has 17 heavy (non-hydrogen) atoms. The zero-order valence-corrected chi connectivity index (χ0v) is 11.2. The van der Waals surface area contributed by atoms with E-state index in [1.807, 2.05) is 31.3 Å². The van der Waals surface area contributed by atoms with Gasteiger partial charge in [0.1, 0.15) is 5.82 Å². The maximum atomic E-state index is 4.49. The molecular formula is C13H22N4. The number of rotatable bonds is 3. The van der Waals surface area contributed by atoms with Crippen LogP contribution < -0.4 is 10.2 Å². The Balaban J connectivity index is 2.02. The number of nitrogens with zero attached hydrogens (tertiary/aromatic N) is 3. The van der Waals surface area contributed by atoms with E-state index in [9.17, 15) is 0 Å². The van der Waals surface area contributed by atoms with Crippen molar-refractivity contribution in [3.05, 3.63) is 12.3 Å².